The molecule has 3 rings (SSSR count). The highest BCUT2D eigenvalue weighted by Gasteiger charge is 2.18. The lowest BCUT2D eigenvalue weighted by Crippen LogP contribution is -2.39. The summed E-state index contributed by atoms with van der Waals surface area (Å²) in [4.78, 5) is 2.28. The van der Waals surface area contributed by atoms with Crippen molar-refractivity contribution >= 4 is 5.82 Å². The average Bonchev–Trinajstić information content (AvgIpc) is 2.48. The second-order valence-electron chi connectivity index (χ2n) is 6.13. The third-order valence-electron chi connectivity index (χ3n) is 4.15. The maximum Gasteiger partial charge on any atom is 0.149 e. The first-order chi connectivity index (χ1) is 11.0. The van der Waals surface area contributed by atoms with Crippen LogP contribution in [0.3, 0.4) is 0 Å². The number of aryl methyl sites for hydroxylation is 1. The van der Waals surface area contributed by atoms with E-state index in [1.807, 2.05) is 13.0 Å². The Kier molecular flexibility index (Phi) is 4.52. The molecule has 1 saturated heterocycles. The third kappa shape index (κ3) is 3.64. The molecule has 6 heteroatoms. The Morgan fingerprint density at radius 1 is 1.22 bits per heavy atom. The molecule has 23 heavy (non-hydrogen) atoms. The summed E-state index contributed by atoms with van der Waals surface area (Å²) in [6.45, 7) is 3.94. The van der Waals surface area contributed by atoms with Gasteiger partial charge in [0, 0.05) is 24.2 Å². The number of nitrogens with zero attached hydrogens (tertiary/aromatic N) is 3. The number of likely N-dealkylation sites (tertiary alicyclic amines) is 1. The standard InChI is InChI=1S/C17H20F2N4/c1-11-8-16(20-13-4-3-7-23(2)10-13)21-22-17(11)14-6-5-12(18)9-15(14)19/h5-6,8-9,13H,3-4,7,10H2,1-2H3,(H,20,21)/t13-/m1/s1. The minimum absolute atomic E-state index is 0.264. The Hall–Kier alpha value is -2.08. The summed E-state index contributed by atoms with van der Waals surface area (Å²) < 4.78 is 26.9. The molecule has 1 aliphatic rings. The summed E-state index contributed by atoms with van der Waals surface area (Å²) in [6, 6.07) is 5.69. The second-order valence-corrected chi connectivity index (χ2v) is 6.13. The van der Waals surface area contributed by atoms with Crippen LogP contribution in [-0.4, -0.2) is 41.3 Å². The lowest BCUT2D eigenvalue weighted by molar-refractivity contribution is 0.260. The van der Waals surface area contributed by atoms with Gasteiger partial charge in [0.1, 0.15) is 17.5 Å². The van der Waals surface area contributed by atoms with Gasteiger partial charge in [-0.3, -0.25) is 0 Å². The molecule has 1 aliphatic heterocycles. The van der Waals surface area contributed by atoms with Crippen molar-refractivity contribution in [2.24, 2.45) is 0 Å². The zero-order valence-electron chi connectivity index (χ0n) is 13.3. The highest BCUT2D eigenvalue weighted by Crippen LogP contribution is 2.25. The zero-order valence-corrected chi connectivity index (χ0v) is 13.3. The summed E-state index contributed by atoms with van der Waals surface area (Å²) in [6.07, 6.45) is 2.25. The molecule has 2 aromatic rings. The molecule has 0 aliphatic carbocycles. The van der Waals surface area contributed by atoms with E-state index in [-0.39, 0.29) is 5.56 Å². The molecule has 0 saturated carbocycles. The van der Waals surface area contributed by atoms with E-state index in [4.69, 9.17) is 0 Å². The minimum Gasteiger partial charge on any atom is -0.365 e. The summed E-state index contributed by atoms with van der Waals surface area (Å²) >= 11 is 0. The molecule has 0 unspecified atom stereocenters. The number of hydrogen-bond donors (Lipinski definition) is 1. The molecule has 2 heterocycles. The van der Waals surface area contributed by atoms with E-state index in [2.05, 4.69) is 27.5 Å². The molecule has 1 aromatic heterocycles. The number of benzene rings is 1. The molecule has 1 N–H and O–H groups in total. The van der Waals surface area contributed by atoms with E-state index < -0.39 is 11.6 Å². The van der Waals surface area contributed by atoms with Gasteiger partial charge in [-0.2, -0.15) is 0 Å². The van der Waals surface area contributed by atoms with Crippen LogP contribution in [0.25, 0.3) is 11.3 Å². The van der Waals surface area contributed by atoms with Crippen LogP contribution in [0.15, 0.2) is 24.3 Å². The van der Waals surface area contributed by atoms with Crippen LogP contribution >= 0.6 is 0 Å². The van der Waals surface area contributed by atoms with Crippen molar-refractivity contribution in [2.45, 2.75) is 25.8 Å². The number of aromatic nitrogens is 2. The van der Waals surface area contributed by atoms with E-state index in [1.165, 1.54) is 12.1 Å². The van der Waals surface area contributed by atoms with Crippen LogP contribution in [0.2, 0.25) is 0 Å². The molecule has 0 bridgehead atoms. The first-order valence-electron chi connectivity index (χ1n) is 7.78. The van der Waals surface area contributed by atoms with Crippen LogP contribution in [0.1, 0.15) is 18.4 Å². The first kappa shape index (κ1) is 15.8. The van der Waals surface area contributed by atoms with Gasteiger partial charge in [0.25, 0.3) is 0 Å². The molecular weight excluding hydrogens is 298 g/mol. The average molecular weight is 318 g/mol. The number of rotatable bonds is 3. The van der Waals surface area contributed by atoms with Gasteiger partial charge in [0.2, 0.25) is 0 Å². The molecule has 4 nitrogen and oxygen atoms in total. The van der Waals surface area contributed by atoms with Gasteiger partial charge in [0.15, 0.2) is 0 Å². The van der Waals surface area contributed by atoms with Crippen molar-refractivity contribution in [3.8, 4) is 11.3 Å². The zero-order chi connectivity index (χ0) is 16.4. The largest absolute Gasteiger partial charge is 0.365 e. The quantitative estimate of drug-likeness (QED) is 0.943. The number of anilines is 1. The fraction of sp³-hybridized carbons (Fsp3) is 0.412. The molecule has 0 amide bonds. The van der Waals surface area contributed by atoms with Gasteiger partial charge >= 0.3 is 0 Å². The van der Waals surface area contributed by atoms with Gasteiger partial charge in [-0.05, 0) is 57.1 Å². The molecule has 1 atom stereocenters. The minimum atomic E-state index is -0.628. The number of piperidine rings is 1. The Labute approximate surface area is 134 Å². The second kappa shape index (κ2) is 6.58. The normalized spacial score (nSPS) is 18.9. The smallest absolute Gasteiger partial charge is 0.149 e. The molecule has 1 fully saturated rings. The maximum atomic E-state index is 13.9. The summed E-state index contributed by atoms with van der Waals surface area (Å²) in [7, 11) is 2.10. The highest BCUT2D eigenvalue weighted by atomic mass is 19.1. The topological polar surface area (TPSA) is 41.0 Å². The van der Waals surface area contributed by atoms with Gasteiger partial charge < -0.3 is 10.2 Å². The lowest BCUT2D eigenvalue weighted by Gasteiger charge is -2.30. The molecule has 0 spiro atoms. The van der Waals surface area contributed by atoms with Crippen LogP contribution < -0.4 is 5.32 Å². The number of likely N-dealkylation sites (N-methyl/N-ethyl adjacent to an activating group) is 1. The highest BCUT2D eigenvalue weighted by molar-refractivity contribution is 5.64. The molecule has 1 aromatic carbocycles. The summed E-state index contributed by atoms with van der Waals surface area (Å²) in [5.41, 5.74) is 1.51. The predicted molar refractivity (Wildman–Crippen MR) is 86.3 cm³/mol. The fourth-order valence-electron chi connectivity index (χ4n) is 3.00. The first-order valence-corrected chi connectivity index (χ1v) is 7.78. The van der Waals surface area contributed by atoms with Crippen molar-refractivity contribution in [2.75, 3.05) is 25.5 Å². The molecular formula is C17H20F2N4. The van der Waals surface area contributed by atoms with E-state index in [0.717, 1.165) is 37.6 Å². The van der Waals surface area contributed by atoms with Gasteiger partial charge in [0.05, 0.1) is 5.69 Å². The van der Waals surface area contributed by atoms with Gasteiger partial charge in [-0.25, -0.2) is 8.78 Å². The number of nitrogens with one attached hydrogen (secondary N) is 1. The lowest BCUT2D eigenvalue weighted by atomic mass is 10.1. The van der Waals surface area contributed by atoms with Crippen molar-refractivity contribution < 1.29 is 8.78 Å². The van der Waals surface area contributed by atoms with Crippen LogP contribution in [0.5, 0.6) is 0 Å². The summed E-state index contributed by atoms with van der Waals surface area (Å²) in [5.74, 6) is -0.539. The van der Waals surface area contributed by atoms with Crippen LogP contribution in [0.4, 0.5) is 14.6 Å². The molecule has 0 radical (unpaired) electrons. The molecule has 122 valence electrons. The van der Waals surface area contributed by atoms with Crippen LogP contribution in [-0.2, 0) is 0 Å². The Bertz CT molecular complexity index is 705. The Morgan fingerprint density at radius 3 is 2.74 bits per heavy atom. The monoisotopic (exact) mass is 318 g/mol. The van der Waals surface area contributed by atoms with Gasteiger partial charge in [-0.1, -0.05) is 0 Å². The van der Waals surface area contributed by atoms with E-state index >= 15 is 0 Å². The van der Waals surface area contributed by atoms with Crippen molar-refractivity contribution in [3.05, 3.63) is 41.5 Å². The van der Waals surface area contributed by atoms with Crippen molar-refractivity contribution in [1.82, 2.24) is 15.1 Å². The van der Waals surface area contributed by atoms with E-state index in [1.54, 1.807) is 0 Å². The summed E-state index contributed by atoms with van der Waals surface area (Å²) in [5, 5.41) is 11.7. The SMILES string of the molecule is Cc1cc(N[C@@H]2CCCN(C)C2)nnc1-c1ccc(F)cc1F. The number of hydrogen-bond acceptors (Lipinski definition) is 4. The predicted octanol–water partition coefficient (Wildman–Crippen LogP) is 3.24. The van der Waals surface area contributed by atoms with E-state index in [9.17, 15) is 8.78 Å². The van der Waals surface area contributed by atoms with Crippen molar-refractivity contribution in [3.63, 3.8) is 0 Å². The maximum absolute atomic E-state index is 13.9. The van der Waals surface area contributed by atoms with Gasteiger partial charge in [-0.15, -0.1) is 10.2 Å². The Morgan fingerprint density at radius 2 is 2.04 bits per heavy atom. The fourth-order valence-corrected chi connectivity index (χ4v) is 3.00. The van der Waals surface area contributed by atoms with Crippen molar-refractivity contribution in [1.29, 1.82) is 0 Å². The van der Waals surface area contributed by atoms with E-state index in [0.29, 0.717) is 17.6 Å². The third-order valence-corrected chi connectivity index (χ3v) is 4.15. The van der Waals surface area contributed by atoms with Crippen LogP contribution in [0, 0.1) is 18.6 Å². The number of halogens is 2. The Balaban J connectivity index is 1.80.